The molecule has 160 valence electrons. The highest BCUT2D eigenvalue weighted by Gasteiger charge is 2.32. The molecule has 2 aromatic carbocycles. The van der Waals surface area contributed by atoms with Crippen molar-refractivity contribution in [3.63, 3.8) is 0 Å². The van der Waals surface area contributed by atoms with Gasteiger partial charge in [0, 0.05) is 43.6 Å². The third-order valence-electron chi connectivity index (χ3n) is 5.23. The van der Waals surface area contributed by atoms with Crippen LogP contribution in [0.25, 0.3) is 11.4 Å². The van der Waals surface area contributed by atoms with E-state index in [1.807, 2.05) is 17.0 Å². The number of carbonyl (C=O) groups is 2. The second-order valence-electron chi connectivity index (χ2n) is 7.55. The Morgan fingerprint density at radius 3 is 2.48 bits per heavy atom. The van der Waals surface area contributed by atoms with Crippen LogP contribution in [0.3, 0.4) is 0 Å². The molecule has 1 aliphatic rings. The molecule has 0 unspecified atom stereocenters. The van der Waals surface area contributed by atoms with E-state index in [2.05, 4.69) is 15.5 Å². The van der Waals surface area contributed by atoms with Crippen molar-refractivity contribution in [3.05, 3.63) is 71.4 Å². The van der Waals surface area contributed by atoms with Gasteiger partial charge in [-0.1, -0.05) is 17.3 Å². The van der Waals surface area contributed by atoms with E-state index >= 15 is 0 Å². The van der Waals surface area contributed by atoms with Crippen molar-refractivity contribution in [2.75, 3.05) is 7.05 Å². The Kier molecular flexibility index (Phi) is 6.06. The van der Waals surface area contributed by atoms with Crippen LogP contribution in [0.4, 0.5) is 4.39 Å². The molecule has 7 nitrogen and oxygen atoms in total. The fourth-order valence-corrected chi connectivity index (χ4v) is 3.34. The number of carbonyl (C=O) groups excluding carboxylic acids is 2. The standard InChI is InChI=1S/C23H23FN4O3/c1-25-23(30)17-4-2-15(3-5-17)14-28(19-10-11-19)21(29)13-12-20-26-22(27-31-20)16-6-8-18(24)9-7-16/h2-9,19H,10-14H2,1H3,(H,25,30). The van der Waals surface area contributed by atoms with Crippen LogP contribution < -0.4 is 5.32 Å². The fraction of sp³-hybridized carbons (Fsp3) is 0.304. The molecule has 0 aliphatic heterocycles. The number of rotatable bonds is 8. The van der Waals surface area contributed by atoms with Crippen molar-refractivity contribution in [2.24, 2.45) is 0 Å². The number of hydrogen-bond donors (Lipinski definition) is 1. The van der Waals surface area contributed by atoms with Crippen LogP contribution in [0.5, 0.6) is 0 Å². The van der Waals surface area contributed by atoms with Gasteiger partial charge in [-0.05, 0) is 54.8 Å². The Morgan fingerprint density at radius 2 is 1.84 bits per heavy atom. The number of nitrogens with zero attached hydrogens (tertiary/aromatic N) is 3. The molecule has 1 heterocycles. The van der Waals surface area contributed by atoms with E-state index in [-0.39, 0.29) is 30.1 Å². The minimum Gasteiger partial charge on any atom is -0.355 e. The quantitative estimate of drug-likeness (QED) is 0.601. The summed E-state index contributed by atoms with van der Waals surface area (Å²) in [5.74, 6) is 0.304. The molecule has 2 amide bonds. The molecule has 0 atom stereocenters. The lowest BCUT2D eigenvalue weighted by Gasteiger charge is -2.22. The predicted molar refractivity (Wildman–Crippen MR) is 111 cm³/mol. The van der Waals surface area contributed by atoms with Crippen LogP contribution in [0.15, 0.2) is 53.1 Å². The number of benzene rings is 2. The SMILES string of the molecule is CNC(=O)c1ccc(CN(C(=O)CCc2nc(-c3ccc(F)cc3)no2)C2CC2)cc1. The highest BCUT2D eigenvalue weighted by molar-refractivity contribution is 5.93. The van der Waals surface area contributed by atoms with Gasteiger partial charge in [-0.15, -0.1) is 0 Å². The molecule has 4 rings (SSSR count). The first-order chi connectivity index (χ1) is 15.0. The Bertz CT molecular complexity index is 1060. The summed E-state index contributed by atoms with van der Waals surface area (Å²) in [6.07, 6.45) is 2.60. The molecule has 8 heteroatoms. The third kappa shape index (κ3) is 5.14. The van der Waals surface area contributed by atoms with Gasteiger partial charge >= 0.3 is 0 Å². The monoisotopic (exact) mass is 422 g/mol. The van der Waals surface area contributed by atoms with Gasteiger partial charge in [0.1, 0.15) is 5.82 Å². The first-order valence-electron chi connectivity index (χ1n) is 10.2. The van der Waals surface area contributed by atoms with E-state index in [4.69, 9.17) is 4.52 Å². The van der Waals surface area contributed by atoms with Crippen molar-refractivity contribution in [3.8, 4) is 11.4 Å². The second-order valence-corrected chi connectivity index (χ2v) is 7.55. The molecular weight excluding hydrogens is 399 g/mol. The number of nitrogens with one attached hydrogen (secondary N) is 1. The Labute approximate surface area is 179 Å². The van der Waals surface area contributed by atoms with E-state index in [0.717, 1.165) is 18.4 Å². The molecule has 1 saturated carbocycles. The largest absolute Gasteiger partial charge is 0.355 e. The van der Waals surface area contributed by atoms with Gasteiger partial charge in [-0.3, -0.25) is 9.59 Å². The third-order valence-corrected chi connectivity index (χ3v) is 5.23. The normalized spacial score (nSPS) is 13.1. The zero-order valence-electron chi connectivity index (χ0n) is 17.2. The van der Waals surface area contributed by atoms with E-state index in [9.17, 15) is 14.0 Å². The van der Waals surface area contributed by atoms with Crippen LogP contribution in [0.2, 0.25) is 0 Å². The Balaban J connectivity index is 1.36. The molecule has 0 bridgehead atoms. The summed E-state index contributed by atoms with van der Waals surface area (Å²) in [7, 11) is 1.59. The smallest absolute Gasteiger partial charge is 0.251 e. The van der Waals surface area contributed by atoms with Crippen LogP contribution in [0, 0.1) is 5.82 Å². The first kappa shape index (κ1) is 20.7. The van der Waals surface area contributed by atoms with Crippen LogP contribution in [-0.4, -0.2) is 39.9 Å². The summed E-state index contributed by atoms with van der Waals surface area (Å²) in [6.45, 7) is 0.502. The maximum Gasteiger partial charge on any atom is 0.251 e. The number of aryl methyl sites for hydroxylation is 1. The van der Waals surface area contributed by atoms with Gasteiger partial charge in [0.2, 0.25) is 17.6 Å². The molecule has 3 aromatic rings. The maximum atomic E-state index is 13.1. The van der Waals surface area contributed by atoms with Gasteiger partial charge in [0.05, 0.1) is 0 Å². The highest BCUT2D eigenvalue weighted by Crippen LogP contribution is 2.29. The van der Waals surface area contributed by atoms with Crippen molar-refractivity contribution in [1.29, 1.82) is 0 Å². The second kappa shape index (κ2) is 9.07. The molecule has 1 N–H and O–H groups in total. The van der Waals surface area contributed by atoms with Gasteiger partial charge < -0.3 is 14.7 Å². The number of halogens is 1. The average Bonchev–Trinajstić information content (AvgIpc) is 3.53. The minimum absolute atomic E-state index is 0.0272. The van der Waals surface area contributed by atoms with E-state index in [1.54, 1.807) is 31.3 Å². The zero-order chi connectivity index (χ0) is 21.8. The molecule has 1 aromatic heterocycles. The van der Waals surface area contributed by atoms with Gasteiger partial charge in [0.25, 0.3) is 5.91 Å². The topological polar surface area (TPSA) is 88.3 Å². The molecule has 0 radical (unpaired) electrons. The average molecular weight is 422 g/mol. The van der Waals surface area contributed by atoms with E-state index in [1.165, 1.54) is 12.1 Å². The summed E-state index contributed by atoms with van der Waals surface area (Å²) >= 11 is 0. The van der Waals surface area contributed by atoms with Crippen molar-refractivity contribution in [1.82, 2.24) is 20.4 Å². The number of aromatic nitrogens is 2. The predicted octanol–water partition coefficient (Wildman–Crippen LogP) is 3.36. The minimum atomic E-state index is -0.332. The van der Waals surface area contributed by atoms with Crippen LogP contribution >= 0.6 is 0 Å². The molecular formula is C23H23FN4O3. The van der Waals surface area contributed by atoms with E-state index < -0.39 is 0 Å². The molecule has 31 heavy (non-hydrogen) atoms. The molecule has 0 spiro atoms. The lowest BCUT2D eigenvalue weighted by Crippen LogP contribution is -2.32. The summed E-state index contributed by atoms with van der Waals surface area (Å²) in [4.78, 5) is 30.7. The lowest BCUT2D eigenvalue weighted by atomic mass is 10.1. The maximum absolute atomic E-state index is 13.1. The Morgan fingerprint density at radius 1 is 1.13 bits per heavy atom. The highest BCUT2D eigenvalue weighted by atomic mass is 19.1. The van der Waals surface area contributed by atoms with Crippen LogP contribution in [-0.2, 0) is 17.8 Å². The van der Waals surface area contributed by atoms with Crippen molar-refractivity contribution >= 4 is 11.8 Å². The van der Waals surface area contributed by atoms with Crippen molar-refractivity contribution in [2.45, 2.75) is 38.3 Å². The molecule has 0 saturated heterocycles. The van der Waals surface area contributed by atoms with Gasteiger partial charge in [0.15, 0.2) is 0 Å². The Hall–Kier alpha value is -3.55. The van der Waals surface area contributed by atoms with Crippen molar-refractivity contribution < 1.29 is 18.5 Å². The lowest BCUT2D eigenvalue weighted by molar-refractivity contribution is -0.132. The first-order valence-corrected chi connectivity index (χ1v) is 10.2. The van der Waals surface area contributed by atoms with Crippen LogP contribution in [0.1, 0.15) is 41.1 Å². The number of hydrogen-bond acceptors (Lipinski definition) is 5. The zero-order valence-corrected chi connectivity index (χ0v) is 17.2. The molecule has 1 aliphatic carbocycles. The fourth-order valence-electron chi connectivity index (χ4n) is 3.34. The van der Waals surface area contributed by atoms with E-state index in [0.29, 0.717) is 35.8 Å². The molecule has 1 fully saturated rings. The number of amides is 2. The van der Waals surface area contributed by atoms with Gasteiger partial charge in [-0.25, -0.2) is 4.39 Å². The summed E-state index contributed by atoms with van der Waals surface area (Å²) < 4.78 is 18.3. The summed E-state index contributed by atoms with van der Waals surface area (Å²) in [5.41, 5.74) is 2.22. The summed E-state index contributed by atoms with van der Waals surface area (Å²) in [6, 6.07) is 13.4. The summed E-state index contributed by atoms with van der Waals surface area (Å²) in [5, 5.41) is 6.51. The van der Waals surface area contributed by atoms with Gasteiger partial charge in [-0.2, -0.15) is 4.98 Å².